The van der Waals surface area contributed by atoms with Crippen molar-refractivity contribution in [1.29, 1.82) is 0 Å². The fourth-order valence-corrected chi connectivity index (χ4v) is 3.70. The van der Waals surface area contributed by atoms with Crippen molar-refractivity contribution in [3.8, 4) is 11.4 Å². The number of hydrogen-bond acceptors (Lipinski definition) is 4. The number of halogens is 2. The van der Waals surface area contributed by atoms with Crippen LogP contribution in [0.2, 0.25) is 0 Å². The Morgan fingerprint density at radius 3 is 2.33 bits per heavy atom. The maximum atomic E-state index is 11.7. The fraction of sp³-hybridized carbons (Fsp3) is 0.385. The summed E-state index contributed by atoms with van der Waals surface area (Å²) in [5, 5.41) is 7.54. The van der Waals surface area contributed by atoms with Gasteiger partial charge in [-0.15, -0.1) is 10.2 Å². The molecule has 0 bridgehead atoms. The Kier molecular flexibility index (Phi) is 4.21. The minimum absolute atomic E-state index is 0.251. The number of benzene rings is 1. The SMILES string of the molecule is Cc1ccc(-c2nnc(S(=O)(=O)Cl)n2C(C)(C)C)c(Br)c1. The van der Waals surface area contributed by atoms with Gasteiger partial charge in [-0.2, -0.15) is 0 Å². The fourth-order valence-electron chi connectivity index (χ4n) is 2.01. The molecule has 21 heavy (non-hydrogen) atoms. The monoisotopic (exact) mass is 391 g/mol. The van der Waals surface area contributed by atoms with Crippen molar-refractivity contribution in [3.05, 3.63) is 28.2 Å². The van der Waals surface area contributed by atoms with E-state index in [0.29, 0.717) is 5.82 Å². The Morgan fingerprint density at radius 2 is 1.86 bits per heavy atom. The summed E-state index contributed by atoms with van der Waals surface area (Å²) in [6.45, 7) is 7.58. The number of aryl methyl sites for hydroxylation is 1. The highest BCUT2D eigenvalue weighted by Gasteiger charge is 2.30. The lowest BCUT2D eigenvalue weighted by Gasteiger charge is -2.24. The molecule has 1 aromatic carbocycles. The van der Waals surface area contributed by atoms with Crippen molar-refractivity contribution in [2.24, 2.45) is 0 Å². The van der Waals surface area contributed by atoms with E-state index in [1.54, 1.807) is 0 Å². The van der Waals surface area contributed by atoms with E-state index in [-0.39, 0.29) is 5.16 Å². The van der Waals surface area contributed by atoms with Gasteiger partial charge in [-0.25, -0.2) is 8.42 Å². The smallest absolute Gasteiger partial charge is 0.291 e. The predicted octanol–water partition coefficient (Wildman–Crippen LogP) is 3.70. The first-order chi connectivity index (χ1) is 9.51. The van der Waals surface area contributed by atoms with Gasteiger partial charge in [0.25, 0.3) is 14.2 Å². The molecule has 2 rings (SSSR count). The summed E-state index contributed by atoms with van der Waals surface area (Å²) in [6, 6.07) is 5.73. The zero-order valence-corrected chi connectivity index (χ0v) is 15.2. The van der Waals surface area contributed by atoms with Gasteiger partial charge in [-0.05, 0) is 45.4 Å². The van der Waals surface area contributed by atoms with Gasteiger partial charge in [0.1, 0.15) is 0 Å². The third-order valence-corrected chi connectivity index (χ3v) is 4.66. The highest BCUT2D eigenvalue weighted by atomic mass is 79.9. The summed E-state index contributed by atoms with van der Waals surface area (Å²) >= 11 is 3.48. The molecular formula is C13H15BrClN3O2S. The van der Waals surface area contributed by atoms with Crippen LogP contribution in [0.1, 0.15) is 26.3 Å². The molecule has 0 radical (unpaired) electrons. The summed E-state index contributed by atoms with van der Waals surface area (Å²) < 4.78 is 25.8. The molecule has 0 spiro atoms. The average molecular weight is 393 g/mol. The largest absolute Gasteiger partial charge is 0.296 e. The minimum atomic E-state index is -3.98. The zero-order valence-electron chi connectivity index (χ0n) is 12.1. The molecule has 0 amide bonds. The Hall–Kier alpha value is -0.920. The van der Waals surface area contributed by atoms with Crippen LogP contribution in [0, 0.1) is 6.92 Å². The summed E-state index contributed by atoms with van der Waals surface area (Å²) in [4.78, 5) is 0. The lowest BCUT2D eigenvalue weighted by molar-refractivity contribution is 0.367. The van der Waals surface area contributed by atoms with Crippen LogP contribution in [-0.2, 0) is 14.6 Å². The molecule has 0 aliphatic heterocycles. The van der Waals surface area contributed by atoms with Crippen LogP contribution in [0.15, 0.2) is 27.8 Å². The van der Waals surface area contributed by atoms with Gasteiger partial charge in [0.2, 0.25) is 0 Å². The normalized spacial score (nSPS) is 12.7. The Morgan fingerprint density at radius 1 is 1.24 bits per heavy atom. The van der Waals surface area contributed by atoms with Crippen LogP contribution < -0.4 is 0 Å². The van der Waals surface area contributed by atoms with Crippen LogP contribution in [0.4, 0.5) is 0 Å². The van der Waals surface area contributed by atoms with Gasteiger partial charge in [0.15, 0.2) is 5.82 Å². The van der Waals surface area contributed by atoms with Crippen molar-refractivity contribution in [2.45, 2.75) is 38.4 Å². The van der Waals surface area contributed by atoms with Crippen molar-refractivity contribution >= 4 is 35.7 Å². The molecular weight excluding hydrogens is 378 g/mol. The van der Waals surface area contributed by atoms with Crippen molar-refractivity contribution in [3.63, 3.8) is 0 Å². The molecule has 0 aliphatic carbocycles. The molecule has 5 nitrogen and oxygen atoms in total. The molecule has 114 valence electrons. The van der Waals surface area contributed by atoms with Crippen molar-refractivity contribution < 1.29 is 8.42 Å². The second-order valence-corrected chi connectivity index (χ2v) is 9.05. The molecule has 1 heterocycles. The van der Waals surface area contributed by atoms with Crippen LogP contribution in [0.25, 0.3) is 11.4 Å². The molecule has 1 aromatic heterocycles. The van der Waals surface area contributed by atoms with Gasteiger partial charge >= 0.3 is 0 Å². The van der Waals surface area contributed by atoms with Crippen molar-refractivity contribution in [1.82, 2.24) is 14.8 Å². The third-order valence-electron chi connectivity index (χ3n) is 2.89. The Labute approximate surface area is 136 Å². The zero-order chi connectivity index (χ0) is 16.0. The van der Waals surface area contributed by atoms with E-state index in [0.717, 1.165) is 15.6 Å². The van der Waals surface area contributed by atoms with E-state index >= 15 is 0 Å². The number of aromatic nitrogens is 3. The highest BCUT2D eigenvalue weighted by Crippen LogP contribution is 2.33. The van der Waals surface area contributed by atoms with Crippen LogP contribution >= 0.6 is 26.6 Å². The summed E-state index contributed by atoms with van der Waals surface area (Å²) in [7, 11) is 1.49. The van der Waals surface area contributed by atoms with E-state index < -0.39 is 14.6 Å². The van der Waals surface area contributed by atoms with Crippen LogP contribution in [0.5, 0.6) is 0 Å². The molecule has 0 fully saturated rings. The number of nitrogens with zero attached hydrogens (tertiary/aromatic N) is 3. The van der Waals surface area contributed by atoms with E-state index in [9.17, 15) is 8.42 Å². The predicted molar refractivity (Wildman–Crippen MR) is 85.9 cm³/mol. The molecule has 2 aromatic rings. The summed E-state index contributed by atoms with van der Waals surface area (Å²) in [6.07, 6.45) is 0. The molecule has 0 unspecified atom stereocenters. The molecule has 8 heteroatoms. The van der Waals surface area contributed by atoms with Gasteiger partial charge in [-0.1, -0.05) is 22.0 Å². The van der Waals surface area contributed by atoms with E-state index in [2.05, 4.69) is 26.1 Å². The van der Waals surface area contributed by atoms with E-state index in [4.69, 9.17) is 10.7 Å². The van der Waals surface area contributed by atoms with Crippen LogP contribution in [0.3, 0.4) is 0 Å². The maximum Gasteiger partial charge on any atom is 0.296 e. The van der Waals surface area contributed by atoms with Gasteiger partial charge in [0.05, 0.1) is 0 Å². The average Bonchev–Trinajstić information content (AvgIpc) is 2.72. The summed E-state index contributed by atoms with van der Waals surface area (Å²) in [5.74, 6) is 0.452. The maximum absolute atomic E-state index is 11.7. The van der Waals surface area contributed by atoms with Gasteiger partial charge in [-0.3, -0.25) is 4.57 Å². The highest BCUT2D eigenvalue weighted by molar-refractivity contribution is 9.10. The minimum Gasteiger partial charge on any atom is -0.291 e. The summed E-state index contributed by atoms with van der Waals surface area (Å²) in [5.41, 5.74) is 1.30. The lowest BCUT2D eigenvalue weighted by atomic mass is 10.1. The molecule has 0 N–H and O–H groups in total. The van der Waals surface area contributed by atoms with E-state index in [1.165, 1.54) is 4.57 Å². The lowest BCUT2D eigenvalue weighted by Crippen LogP contribution is -2.26. The topological polar surface area (TPSA) is 64.8 Å². The van der Waals surface area contributed by atoms with Crippen LogP contribution in [-0.4, -0.2) is 23.2 Å². The second-order valence-electron chi connectivity index (χ2n) is 5.73. The second kappa shape index (κ2) is 5.37. The Bertz CT molecular complexity index is 794. The molecule has 0 aliphatic rings. The van der Waals surface area contributed by atoms with Gasteiger partial charge < -0.3 is 0 Å². The molecule has 0 saturated heterocycles. The van der Waals surface area contributed by atoms with E-state index in [1.807, 2.05) is 45.9 Å². The standard InChI is InChI=1S/C13H15BrClN3O2S/c1-8-5-6-9(10(14)7-8)11-16-17-12(21(15,19)20)18(11)13(2,3)4/h5-7H,1-4H3. The first-order valence-corrected chi connectivity index (χ1v) is 9.29. The number of rotatable bonds is 2. The van der Waals surface area contributed by atoms with Crippen molar-refractivity contribution in [2.75, 3.05) is 0 Å². The first-order valence-electron chi connectivity index (χ1n) is 6.19. The third kappa shape index (κ3) is 3.30. The first kappa shape index (κ1) is 16.5. The van der Waals surface area contributed by atoms with Gasteiger partial charge in [0, 0.05) is 26.3 Å². The number of hydrogen-bond donors (Lipinski definition) is 0. The molecule has 0 atom stereocenters. The quantitative estimate of drug-likeness (QED) is 0.731. The molecule has 0 saturated carbocycles. The Balaban J connectivity index is 2.80.